The average Bonchev–Trinajstić information content (AvgIpc) is 3.24. The molecule has 26 heavy (non-hydrogen) atoms. The van der Waals surface area contributed by atoms with Crippen LogP contribution in [0.1, 0.15) is 20.8 Å². The topological polar surface area (TPSA) is 41.5 Å². The Morgan fingerprint density at radius 3 is 1.88 bits per heavy atom. The molecule has 0 aliphatic carbocycles. The SMILES string of the molecule is O=C(NN=C(/C=C\c1ccccc1)/C=C\c1ccccc1)c1cccs1. The maximum atomic E-state index is 12.1. The van der Waals surface area contributed by atoms with Crippen molar-refractivity contribution in [2.45, 2.75) is 0 Å². The highest BCUT2D eigenvalue weighted by Crippen LogP contribution is 2.08. The summed E-state index contributed by atoms with van der Waals surface area (Å²) in [5, 5.41) is 6.13. The van der Waals surface area contributed by atoms with E-state index in [9.17, 15) is 4.79 Å². The molecule has 0 saturated carbocycles. The number of nitrogens with zero attached hydrogens (tertiary/aromatic N) is 1. The van der Waals surface area contributed by atoms with Crippen LogP contribution in [0.2, 0.25) is 0 Å². The van der Waals surface area contributed by atoms with Crippen LogP contribution in [0, 0.1) is 0 Å². The van der Waals surface area contributed by atoms with Gasteiger partial charge in [0.1, 0.15) is 0 Å². The predicted molar refractivity (Wildman–Crippen MR) is 110 cm³/mol. The Labute approximate surface area is 157 Å². The third-order valence-corrected chi connectivity index (χ3v) is 4.39. The van der Waals surface area contributed by atoms with E-state index in [4.69, 9.17) is 0 Å². The average molecular weight is 358 g/mol. The lowest BCUT2D eigenvalue weighted by atomic mass is 10.1. The van der Waals surface area contributed by atoms with E-state index in [1.807, 2.05) is 96.4 Å². The Hall–Kier alpha value is -3.24. The molecule has 1 amide bonds. The van der Waals surface area contributed by atoms with Crippen molar-refractivity contribution >= 4 is 35.1 Å². The van der Waals surface area contributed by atoms with E-state index < -0.39 is 0 Å². The molecule has 0 aliphatic rings. The van der Waals surface area contributed by atoms with Gasteiger partial charge in [0.25, 0.3) is 5.91 Å². The molecule has 1 aromatic heterocycles. The number of carbonyl (C=O) groups excluding carboxylic acids is 1. The summed E-state index contributed by atoms with van der Waals surface area (Å²) in [5.41, 5.74) is 5.40. The lowest BCUT2D eigenvalue weighted by molar-refractivity contribution is 0.0959. The second-order valence-electron chi connectivity index (χ2n) is 5.44. The lowest BCUT2D eigenvalue weighted by Gasteiger charge is -1.99. The first-order valence-electron chi connectivity index (χ1n) is 8.19. The van der Waals surface area contributed by atoms with Crippen LogP contribution in [0.25, 0.3) is 12.2 Å². The van der Waals surface area contributed by atoms with Gasteiger partial charge in [0.15, 0.2) is 0 Å². The number of rotatable bonds is 6. The number of allylic oxidation sites excluding steroid dienone is 2. The minimum absolute atomic E-state index is 0.210. The standard InChI is InChI=1S/C22H18N2OS/c25-22(21-12-7-17-26-21)24-23-20(15-13-18-8-3-1-4-9-18)16-14-19-10-5-2-6-11-19/h1-17H,(H,24,25)/b15-13-,16-14-. The largest absolute Gasteiger partial charge is 0.281 e. The molecule has 0 saturated heterocycles. The van der Waals surface area contributed by atoms with Gasteiger partial charge in [-0.2, -0.15) is 5.10 Å². The summed E-state index contributed by atoms with van der Waals surface area (Å²) in [6, 6.07) is 23.5. The van der Waals surface area contributed by atoms with Crippen molar-refractivity contribution in [3.63, 3.8) is 0 Å². The molecule has 0 atom stereocenters. The van der Waals surface area contributed by atoms with Gasteiger partial charge < -0.3 is 0 Å². The van der Waals surface area contributed by atoms with Gasteiger partial charge in [0.05, 0.1) is 10.6 Å². The monoisotopic (exact) mass is 358 g/mol. The summed E-state index contributed by atoms with van der Waals surface area (Å²) in [5.74, 6) is -0.210. The number of hydrogen-bond acceptors (Lipinski definition) is 3. The molecule has 0 spiro atoms. The third kappa shape index (κ3) is 5.40. The van der Waals surface area contributed by atoms with Gasteiger partial charge in [-0.05, 0) is 34.7 Å². The molecule has 1 N–H and O–H groups in total. The molecule has 0 unspecified atom stereocenters. The summed E-state index contributed by atoms with van der Waals surface area (Å²) in [6.45, 7) is 0. The van der Waals surface area contributed by atoms with E-state index in [-0.39, 0.29) is 5.91 Å². The zero-order valence-electron chi connectivity index (χ0n) is 14.1. The van der Waals surface area contributed by atoms with Gasteiger partial charge in [-0.3, -0.25) is 4.79 Å². The van der Waals surface area contributed by atoms with Gasteiger partial charge >= 0.3 is 0 Å². The van der Waals surface area contributed by atoms with Crippen LogP contribution in [0.3, 0.4) is 0 Å². The van der Waals surface area contributed by atoms with Gasteiger partial charge in [0, 0.05) is 0 Å². The quantitative estimate of drug-likeness (QED) is 0.474. The summed E-state index contributed by atoms with van der Waals surface area (Å²) in [6.07, 6.45) is 7.68. The molecule has 4 heteroatoms. The van der Waals surface area contributed by atoms with Crippen molar-refractivity contribution in [2.75, 3.05) is 0 Å². The molecule has 128 valence electrons. The number of benzene rings is 2. The van der Waals surface area contributed by atoms with Gasteiger partial charge in [-0.15, -0.1) is 11.3 Å². The minimum atomic E-state index is -0.210. The molecule has 0 radical (unpaired) electrons. The second-order valence-corrected chi connectivity index (χ2v) is 6.39. The van der Waals surface area contributed by atoms with Crippen LogP contribution in [-0.2, 0) is 0 Å². The van der Waals surface area contributed by atoms with E-state index in [2.05, 4.69) is 10.5 Å². The predicted octanol–water partition coefficient (Wildman–Crippen LogP) is 5.26. The van der Waals surface area contributed by atoms with Crippen molar-refractivity contribution in [3.8, 4) is 0 Å². The number of hydrogen-bond donors (Lipinski definition) is 1. The van der Waals surface area contributed by atoms with Gasteiger partial charge in [-0.1, -0.05) is 78.9 Å². The van der Waals surface area contributed by atoms with E-state index in [0.29, 0.717) is 10.6 Å². The lowest BCUT2D eigenvalue weighted by Crippen LogP contribution is -2.17. The molecule has 2 aromatic carbocycles. The molecule has 0 fully saturated rings. The summed E-state index contributed by atoms with van der Waals surface area (Å²) < 4.78 is 0. The summed E-state index contributed by atoms with van der Waals surface area (Å²) in [4.78, 5) is 12.7. The molecule has 3 aromatic rings. The maximum absolute atomic E-state index is 12.1. The summed E-state index contributed by atoms with van der Waals surface area (Å²) in [7, 11) is 0. The first-order valence-corrected chi connectivity index (χ1v) is 9.07. The minimum Gasteiger partial charge on any atom is -0.266 e. The summed E-state index contributed by atoms with van der Waals surface area (Å²) >= 11 is 1.39. The zero-order chi connectivity index (χ0) is 18.0. The van der Waals surface area contributed by atoms with E-state index in [1.54, 1.807) is 6.07 Å². The Kier molecular flexibility index (Phi) is 6.29. The van der Waals surface area contributed by atoms with Crippen molar-refractivity contribution < 1.29 is 4.79 Å². The molecular weight excluding hydrogens is 340 g/mol. The van der Waals surface area contributed by atoms with Crippen molar-refractivity contribution in [1.29, 1.82) is 0 Å². The molecule has 0 bridgehead atoms. The third-order valence-electron chi connectivity index (χ3n) is 3.52. The second kappa shape index (κ2) is 9.30. The van der Waals surface area contributed by atoms with Crippen LogP contribution < -0.4 is 5.43 Å². The molecule has 3 nitrogen and oxygen atoms in total. The molecule has 3 rings (SSSR count). The number of nitrogens with one attached hydrogen (secondary N) is 1. The maximum Gasteiger partial charge on any atom is 0.281 e. The van der Waals surface area contributed by atoms with Crippen LogP contribution in [0.4, 0.5) is 0 Å². The molecule has 1 heterocycles. The van der Waals surface area contributed by atoms with Gasteiger partial charge in [-0.25, -0.2) is 5.43 Å². The first-order chi connectivity index (χ1) is 12.8. The van der Waals surface area contributed by atoms with E-state index >= 15 is 0 Å². The highest BCUT2D eigenvalue weighted by atomic mass is 32.1. The number of hydrazone groups is 1. The van der Waals surface area contributed by atoms with E-state index in [1.165, 1.54) is 11.3 Å². The number of amides is 1. The van der Waals surface area contributed by atoms with Crippen molar-refractivity contribution in [2.24, 2.45) is 5.10 Å². The van der Waals surface area contributed by atoms with Crippen molar-refractivity contribution in [1.82, 2.24) is 5.43 Å². The van der Waals surface area contributed by atoms with Crippen molar-refractivity contribution in [3.05, 3.63) is 106 Å². The molecular formula is C22H18N2OS. The fraction of sp³-hybridized carbons (Fsp3) is 0. The number of thiophene rings is 1. The fourth-order valence-corrected chi connectivity index (χ4v) is 2.81. The van der Waals surface area contributed by atoms with Crippen LogP contribution in [0.5, 0.6) is 0 Å². The number of carbonyl (C=O) groups is 1. The highest BCUT2D eigenvalue weighted by Gasteiger charge is 2.04. The fourth-order valence-electron chi connectivity index (χ4n) is 2.20. The van der Waals surface area contributed by atoms with Crippen LogP contribution in [0.15, 0.2) is 95.4 Å². The first kappa shape index (κ1) is 17.6. The van der Waals surface area contributed by atoms with Crippen LogP contribution in [-0.4, -0.2) is 11.6 Å². The normalized spacial score (nSPS) is 10.9. The van der Waals surface area contributed by atoms with Gasteiger partial charge in [0.2, 0.25) is 0 Å². The Balaban J connectivity index is 1.78. The Bertz CT molecular complexity index is 860. The van der Waals surface area contributed by atoms with Crippen LogP contribution >= 0.6 is 11.3 Å². The highest BCUT2D eigenvalue weighted by molar-refractivity contribution is 7.12. The smallest absolute Gasteiger partial charge is 0.266 e. The molecule has 0 aliphatic heterocycles. The van der Waals surface area contributed by atoms with E-state index in [0.717, 1.165) is 11.1 Å². The Morgan fingerprint density at radius 1 is 0.808 bits per heavy atom. The zero-order valence-corrected chi connectivity index (χ0v) is 14.9. The Morgan fingerprint density at radius 2 is 1.38 bits per heavy atom.